The quantitative estimate of drug-likeness (QED) is 0.352. The maximum atomic E-state index is 13.1. The van der Waals surface area contributed by atoms with Crippen LogP contribution in [0.15, 0.2) is 83.5 Å². The third kappa shape index (κ3) is 5.13. The Labute approximate surface area is 212 Å². The van der Waals surface area contributed by atoms with Crippen LogP contribution in [0, 0.1) is 6.92 Å². The zero-order valence-electron chi connectivity index (χ0n) is 19.5. The van der Waals surface area contributed by atoms with Gasteiger partial charge in [-0.25, -0.2) is 9.69 Å². The molecule has 1 aliphatic rings. The van der Waals surface area contributed by atoms with Crippen molar-refractivity contribution in [3.05, 3.63) is 100 Å². The highest BCUT2D eigenvalue weighted by Crippen LogP contribution is 2.30. The molecule has 0 saturated heterocycles. The molecule has 9 heteroatoms. The number of rotatable bonds is 7. The molecule has 3 aromatic carbocycles. The Hall–Kier alpha value is -4.43. The summed E-state index contributed by atoms with van der Waals surface area (Å²) in [6, 6.07) is 19.8. The van der Waals surface area contributed by atoms with E-state index in [4.69, 9.17) is 16.3 Å². The van der Waals surface area contributed by atoms with Crippen LogP contribution in [0.1, 0.15) is 33.2 Å². The second kappa shape index (κ2) is 10.5. The molecule has 3 aromatic rings. The number of carbonyl (C=O) groups is 4. The molecule has 0 aliphatic carbocycles. The summed E-state index contributed by atoms with van der Waals surface area (Å²) in [4.78, 5) is 51.3. The molecular weight excluding hydrogens is 482 g/mol. The van der Waals surface area contributed by atoms with Crippen LogP contribution in [0.4, 0.5) is 17.1 Å². The molecule has 0 fully saturated rings. The lowest BCUT2D eigenvalue weighted by Crippen LogP contribution is -2.32. The Morgan fingerprint density at radius 3 is 2.31 bits per heavy atom. The molecule has 1 aliphatic heterocycles. The number of carbonyl (C=O) groups excluding carboxylic acids is 4. The molecule has 36 heavy (non-hydrogen) atoms. The van der Waals surface area contributed by atoms with Gasteiger partial charge < -0.3 is 15.4 Å². The van der Waals surface area contributed by atoms with E-state index in [1.807, 2.05) is 25.1 Å². The minimum atomic E-state index is -0.723. The van der Waals surface area contributed by atoms with Crippen molar-refractivity contribution in [3.63, 3.8) is 0 Å². The van der Waals surface area contributed by atoms with Gasteiger partial charge in [-0.05, 0) is 74.0 Å². The molecule has 2 N–H and O–H groups in total. The summed E-state index contributed by atoms with van der Waals surface area (Å²) in [6.45, 7) is 3.81. The van der Waals surface area contributed by atoms with Crippen LogP contribution in [-0.4, -0.2) is 30.3 Å². The van der Waals surface area contributed by atoms with E-state index in [9.17, 15) is 19.2 Å². The SMILES string of the molecule is CCOC(=O)c1cccc(N2C(=O)C(Cl)=C(Nc3ccc(C(=O)Nc4cccc(C)c4)cc3)C2=O)c1. The summed E-state index contributed by atoms with van der Waals surface area (Å²) < 4.78 is 4.98. The van der Waals surface area contributed by atoms with Gasteiger partial charge >= 0.3 is 5.97 Å². The molecule has 1 heterocycles. The second-order valence-corrected chi connectivity index (χ2v) is 8.31. The molecule has 0 radical (unpaired) electrons. The van der Waals surface area contributed by atoms with Gasteiger partial charge in [0, 0.05) is 16.9 Å². The Morgan fingerprint density at radius 2 is 1.61 bits per heavy atom. The lowest BCUT2D eigenvalue weighted by Gasteiger charge is -2.16. The number of halogens is 1. The Kier molecular flexibility index (Phi) is 7.17. The van der Waals surface area contributed by atoms with Crippen molar-refractivity contribution < 1.29 is 23.9 Å². The minimum Gasteiger partial charge on any atom is -0.462 e. The van der Waals surface area contributed by atoms with E-state index in [0.717, 1.165) is 10.5 Å². The summed E-state index contributed by atoms with van der Waals surface area (Å²) in [5.41, 5.74) is 2.85. The van der Waals surface area contributed by atoms with Crippen molar-refractivity contribution in [2.75, 3.05) is 22.1 Å². The first-order chi connectivity index (χ1) is 17.3. The van der Waals surface area contributed by atoms with E-state index in [1.54, 1.807) is 43.3 Å². The highest BCUT2D eigenvalue weighted by Gasteiger charge is 2.39. The molecule has 0 atom stereocenters. The van der Waals surface area contributed by atoms with E-state index in [1.165, 1.54) is 18.2 Å². The fourth-order valence-corrected chi connectivity index (χ4v) is 3.82. The fourth-order valence-electron chi connectivity index (χ4n) is 3.61. The van der Waals surface area contributed by atoms with Crippen LogP contribution in [-0.2, 0) is 14.3 Å². The summed E-state index contributed by atoms with van der Waals surface area (Å²) in [6.07, 6.45) is 0. The summed E-state index contributed by atoms with van der Waals surface area (Å²) >= 11 is 6.20. The van der Waals surface area contributed by atoms with Crippen molar-refractivity contribution >= 4 is 52.4 Å². The van der Waals surface area contributed by atoms with Crippen LogP contribution in [0.5, 0.6) is 0 Å². The highest BCUT2D eigenvalue weighted by molar-refractivity contribution is 6.53. The lowest BCUT2D eigenvalue weighted by molar-refractivity contribution is -0.120. The molecule has 3 amide bonds. The van der Waals surface area contributed by atoms with Gasteiger partial charge in [0.2, 0.25) is 0 Å². The highest BCUT2D eigenvalue weighted by atomic mass is 35.5. The largest absolute Gasteiger partial charge is 0.462 e. The number of amides is 3. The first-order valence-corrected chi connectivity index (χ1v) is 11.5. The molecule has 0 spiro atoms. The van der Waals surface area contributed by atoms with Gasteiger partial charge in [0.25, 0.3) is 17.7 Å². The first kappa shape index (κ1) is 24.7. The number of anilines is 3. The maximum absolute atomic E-state index is 13.1. The van der Waals surface area contributed by atoms with Crippen LogP contribution >= 0.6 is 11.6 Å². The molecule has 8 nitrogen and oxygen atoms in total. The summed E-state index contributed by atoms with van der Waals surface area (Å²) in [5.74, 6) is -2.25. The number of nitrogens with zero attached hydrogens (tertiary/aromatic N) is 1. The smallest absolute Gasteiger partial charge is 0.338 e. The minimum absolute atomic E-state index is 0.111. The predicted molar refractivity (Wildman–Crippen MR) is 137 cm³/mol. The average Bonchev–Trinajstić information content (AvgIpc) is 3.07. The van der Waals surface area contributed by atoms with Crippen LogP contribution in [0.3, 0.4) is 0 Å². The zero-order chi connectivity index (χ0) is 25.8. The third-order valence-electron chi connectivity index (χ3n) is 5.34. The molecule has 0 bridgehead atoms. The van der Waals surface area contributed by atoms with E-state index >= 15 is 0 Å². The van der Waals surface area contributed by atoms with E-state index in [0.29, 0.717) is 16.9 Å². The van der Waals surface area contributed by atoms with Crippen molar-refractivity contribution in [1.29, 1.82) is 0 Å². The topological polar surface area (TPSA) is 105 Å². The molecular formula is C27H22ClN3O5. The number of esters is 1. The third-order valence-corrected chi connectivity index (χ3v) is 5.69. The average molecular weight is 504 g/mol. The Balaban J connectivity index is 1.48. The fraction of sp³-hybridized carbons (Fsp3) is 0.111. The number of hydrogen-bond acceptors (Lipinski definition) is 6. The van der Waals surface area contributed by atoms with Gasteiger partial charge in [-0.15, -0.1) is 0 Å². The standard InChI is InChI=1S/C27H22ClN3O5/c1-3-36-27(35)18-7-5-9-21(15-18)31-25(33)22(28)23(26(31)34)29-19-12-10-17(11-13-19)24(32)30-20-8-4-6-16(2)14-20/h4-15,29H,3H2,1-2H3,(H,30,32). The Morgan fingerprint density at radius 1 is 0.889 bits per heavy atom. The van der Waals surface area contributed by atoms with Crippen LogP contribution in [0.2, 0.25) is 0 Å². The van der Waals surface area contributed by atoms with Crippen LogP contribution in [0.25, 0.3) is 0 Å². The van der Waals surface area contributed by atoms with Gasteiger partial charge in [0.1, 0.15) is 10.7 Å². The number of aryl methyl sites for hydroxylation is 1. The van der Waals surface area contributed by atoms with Gasteiger partial charge in [-0.1, -0.05) is 29.8 Å². The zero-order valence-corrected chi connectivity index (χ0v) is 20.3. The van der Waals surface area contributed by atoms with Gasteiger partial charge in [0.05, 0.1) is 17.9 Å². The number of benzene rings is 3. The number of nitrogens with one attached hydrogen (secondary N) is 2. The first-order valence-electron chi connectivity index (χ1n) is 11.1. The van der Waals surface area contributed by atoms with Gasteiger partial charge in [-0.3, -0.25) is 14.4 Å². The Bertz CT molecular complexity index is 1400. The van der Waals surface area contributed by atoms with Crippen molar-refractivity contribution in [1.82, 2.24) is 0 Å². The summed E-state index contributed by atoms with van der Waals surface area (Å²) in [5, 5.41) is 5.40. The normalized spacial score (nSPS) is 13.1. The van der Waals surface area contributed by atoms with Crippen molar-refractivity contribution in [3.8, 4) is 0 Å². The lowest BCUT2D eigenvalue weighted by atomic mass is 10.1. The van der Waals surface area contributed by atoms with Crippen molar-refractivity contribution in [2.24, 2.45) is 0 Å². The number of hydrogen-bond donors (Lipinski definition) is 2. The molecule has 0 saturated carbocycles. The monoisotopic (exact) mass is 503 g/mol. The van der Waals surface area contributed by atoms with Gasteiger partial charge in [0.15, 0.2) is 0 Å². The second-order valence-electron chi connectivity index (χ2n) is 7.93. The van der Waals surface area contributed by atoms with Crippen LogP contribution < -0.4 is 15.5 Å². The molecule has 0 unspecified atom stereocenters. The van der Waals surface area contributed by atoms with Crippen molar-refractivity contribution in [2.45, 2.75) is 13.8 Å². The maximum Gasteiger partial charge on any atom is 0.338 e. The molecule has 0 aromatic heterocycles. The summed E-state index contributed by atoms with van der Waals surface area (Å²) in [7, 11) is 0. The number of ether oxygens (including phenoxy) is 1. The van der Waals surface area contributed by atoms with Gasteiger partial charge in [-0.2, -0.15) is 0 Å². The van der Waals surface area contributed by atoms with E-state index in [-0.39, 0.29) is 34.5 Å². The van der Waals surface area contributed by atoms with E-state index in [2.05, 4.69) is 10.6 Å². The molecule has 4 rings (SSSR count). The van der Waals surface area contributed by atoms with E-state index < -0.39 is 17.8 Å². The number of imide groups is 1. The predicted octanol–water partition coefficient (Wildman–Crippen LogP) is 4.86. The molecule has 182 valence electrons.